The number of nitrogens with zero attached hydrogens (tertiary/aromatic N) is 3. The van der Waals surface area contributed by atoms with Crippen LogP contribution in [0.2, 0.25) is 0 Å². The van der Waals surface area contributed by atoms with E-state index in [2.05, 4.69) is 39.8 Å². The Morgan fingerprint density at radius 3 is 2.75 bits per heavy atom. The van der Waals surface area contributed by atoms with Crippen molar-refractivity contribution < 1.29 is 0 Å². The molecule has 20 heavy (non-hydrogen) atoms. The minimum Gasteiger partial charge on any atom is -0.355 e. The fraction of sp³-hybridized carbons (Fsp3) is 0.333. The van der Waals surface area contributed by atoms with Gasteiger partial charge >= 0.3 is 0 Å². The third-order valence-electron chi connectivity index (χ3n) is 3.07. The molecule has 1 heterocycles. The van der Waals surface area contributed by atoms with Gasteiger partial charge in [-0.05, 0) is 18.6 Å². The van der Waals surface area contributed by atoms with Gasteiger partial charge in [-0.25, -0.2) is 0 Å². The van der Waals surface area contributed by atoms with Crippen LogP contribution in [0.5, 0.6) is 0 Å². The van der Waals surface area contributed by atoms with Crippen molar-refractivity contribution in [2.24, 2.45) is 4.99 Å². The third-order valence-corrected chi connectivity index (χ3v) is 3.07. The summed E-state index contributed by atoms with van der Waals surface area (Å²) in [5.41, 5.74) is 1.24. The van der Waals surface area contributed by atoms with E-state index >= 15 is 0 Å². The zero-order valence-electron chi connectivity index (χ0n) is 12.0. The van der Waals surface area contributed by atoms with E-state index in [1.54, 1.807) is 13.2 Å². The number of aliphatic imine (C=N–C) groups is 1. The molecule has 0 aliphatic rings. The molecule has 0 bridgehead atoms. The van der Waals surface area contributed by atoms with E-state index in [0.29, 0.717) is 0 Å². The van der Waals surface area contributed by atoms with Gasteiger partial charge in [0.1, 0.15) is 0 Å². The smallest absolute Gasteiger partial charge is 0.191 e. The minimum absolute atomic E-state index is 0.215. The maximum Gasteiger partial charge on any atom is 0.191 e. The van der Waals surface area contributed by atoms with E-state index < -0.39 is 0 Å². The lowest BCUT2D eigenvalue weighted by Gasteiger charge is -2.18. The van der Waals surface area contributed by atoms with Crippen molar-refractivity contribution in [3.05, 3.63) is 54.4 Å². The molecular weight excluding hydrogens is 250 g/mol. The summed E-state index contributed by atoms with van der Waals surface area (Å²) in [6.45, 7) is 3.71. The SMILES string of the molecule is CN=C(NCCn1cccn1)NC(C)c1ccccc1. The van der Waals surface area contributed by atoms with E-state index in [-0.39, 0.29) is 6.04 Å². The summed E-state index contributed by atoms with van der Waals surface area (Å²) in [5.74, 6) is 0.800. The molecule has 0 radical (unpaired) electrons. The summed E-state index contributed by atoms with van der Waals surface area (Å²) in [4.78, 5) is 4.24. The molecule has 2 rings (SSSR count). The number of nitrogens with one attached hydrogen (secondary N) is 2. The molecule has 0 aliphatic carbocycles. The Labute approximate surface area is 119 Å². The number of benzene rings is 1. The van der Waals surface area contributed by atoms with E-state index in [4.69, 9.17) is 0 Å². The average Bonchev–Trinajstić information content (AvgIpc) is 3.00. The average molecular weight is 271 g/mol. The Morgan fingerprint density at radius 1 is 1.30 bits per heavy atom. The molecule has 2 aromatic rings. The summed E-state index contributed by atoms with van der Waals surface area (Å²) in [6, 6.07) is 12.5. The first-order valence-corrected chi connectivity index (χ1v) is 6.79. The molecule has 5 nitrogen and oxygen atoms in total. The van der Waals surface area contributed by atoms with Gasteiger partial charge in [0, 0.05) is 26.0 Å². The number of rotatable bonds is 5. The topological polar surface area (TPSA) is 54.2 Å². The molecule has 0 saturated carbocycles. The molecule has 106 valence electrons. The minimum atomic E-state index is 0.215. The Hall–Kier alpha value is -2.30. The highest BCUT2D eigenvalue weighted by Crippen LogP contribution is 2.10. The van der Waals surface area contributed by atoms with Crippen molar-refractivity contribution in [2.45, 2.75) is 19.5 Å². The van der Waals surface area contributed by atoms with E-state index in [1.165, 1.54) is 5.56 Å². The van der Waals surface area contributed by atoms with Gasteiger partial charge in [0.15, 0.2) is 5.96 Å². The van der Waals surface area contributed by atoms with Crippen LogP contribution in [0.25, 0.3) is 0 Å². The van der Waals surface area contributed by atoms with Gasteiger partial charge in [-0.1, -0.05) is 30.3 Å². The molecule has 0 aliphatic heterocycles. The molecule has 0 fully saturated rings. The summed E-state index contributed by atoms with van der Waals surface area (Å²) in [5, 5.41) is 10.8. The summed E-state index contributed by atoms with van der Waals surface area (Å²) < 4.78 is 1.89. The molecule has 2 N–H and O–H groups in total. The second-order valence-corrected chi connectivity index (χ2v) is 4.54. The first kappa shape index (κ1) is 14.1. The standard InChI is InChI=1S/C15H21N5/c1-13(14-7-4-3-5-8-14)19-15(16-2)17-10-12-20-11-6-9-18-20/h3-9,11,13H,10,12H2,1-2H3,(H2,16,17,19). The number of hydrogen-bond donors (Lipinski definition) is 2. The second kappa shape index (κ2) is 7.33. The first-order chi connectivity index (χ1) is 9.79. The highest BCUT2D eigenvalue weighted by molar-refractivity contribution is 5.80. The number of hydrogen-bond acceptors (Lipinski definition) is 2. The normalized spacial score (nSPS) is 13.0. The molecule has 1 atom stereocenters. The zero-order chi connectivity index (χ0) is 14.2. The van der Waals surface area contributed by atoms with Crippen LogP contribution in [0, 0.1) is 0 Å². The van der Waals surface area contributed by atoms with Crippen molar-refractivity contribution in [1.82, 2.24) is 20.4 Å². The summed E-state index contributed by atoms with van der Waals surface area (Å²) >= 11 is 0. The lowest BCUT2D eigenvalue weighted by Crippen LogP contribution is -2.40. The molecule has 0 saturated heterocycles. The predicted molar refractivity (Wildman–Crippen MR) is 81.6 cm³/mol. The monoisotopic (exact) mass is 271 g/mol. The Morgan fingerprint density at radius 2 is 2.10 bits per heavy atom. The zero-order valence-corrected chi connectivity index (χ0v) is 12.0. The molecule has 1 aromatic heterocycles. The fourth-order valence-corrected chi connectivity index (χ4v) is 1.95. The molecular formula is C15H21N5. The third kappa shape index (κ3) is 4.12. The number of aromatic nitrogens is 2. The van der Waals surface area contributed by atoms with Gasteiger partial charge < -0.3 is 10.6 Å². The van der Waals surface area contributed by atoms with E-state index in [0.717, 1.165) is 19.0 Å². The van der Waals surface area contributed by atoms with Crippen LogP contribution >= 0.6 is 0 Å². The lowest BCUT2D eigenvalue weighted by molar-refractivity contribution is 0.591. The van der Waals surface area contributed by atoms with E-state index in [1.807, 2.05) is 35.1 Å². The second-order valence-electron chi connectivity index (χ2n) is 4.54. The Kier molecular flexibility index (Phi) is 5.17. The maximum atomic E-state index is 4.24. The lowest BCUT2D eigenvalue weighted by atomic mass is 10.1. The van der Waals surface area contributed by atoms with Gasteiger partial charge in [-0.2, -0.15) is 5.10 Å². The summed E-state index contributed by atoms with van der Waals surface area (Å²) in [6.07, 6.45) is 3.73. The van der Waals surface area contributed by atoms with Crippen molar-refractivity contribution >= 4 is 5.96 Å². The summed E-state index contributed by atoms with van der Waals surface area (Å²) in [7, 11) is 1.78. The fourth-order valence-electron chi connectivity index (χ4n) is 1.95. The largest absolute Gasteiger partial charge is 0.355 e. The quantitative estimate of drug-likeness (QED) is 0.644. The van der Waals surface area contributed by atoms with Crippen LogP contribution in [-0.4, -0.2) is 29.3 Å². The van der Waals surface area contributed by atoms with Crippen LogP contribution in [0.3, 0.4) is 0 Å². The Bertz CT molecular complexity index is 518. The van der Waals surface area contributed by atoms with Crippen LogP contribution < -0.4 is 10.6 Å². The van der Waals surface area contributed by atoms with Crippen molar-refractivity contribution in [3.8, 4) is 0 Å². The molecule has 1 aromatic carbocycles. The van der Waals surface area contributed by atoms with Gasteiger partial charge in [0.2, 0.25) is 0 Å². The van der Waals surface area contributed by atoms with Crippen LogP contribution in [0.1, 0.15) is 18.5 Å². The van der Waals surface area contributed by atoms with Crippen LogP contribution in [-0.2, 0) is 6.54 Å². The van der Waals surface area contributed by atoms with Gasteiger partial charge in [0.05, 0.1) is 12.6 Å². The molecule has 1 unspecified atom stereocenters. The van der Waals surface area contributed by atoms with Gasteiger partial charge in [0.25, 0.3) is 0 Å². The van der Waals surface area contributed by atoms with Crippen molar-refractivity contribution in [3.63, 3.8) is 0 Å². The van der Waals surface area contributed by atoms with Crippen LogP contribution in [0.4, 0.5) is 0 Å². The molecule has 5 heteroatoms. The Balaban J connectivity index is 1.80. The van der Waals surface area contributed by atoms with Crippen molar-refractivity contribution in [2.75, 3.05) is 13.6 Å². The van der Waals surface area contributed by atoms with Gasteiger partial charge in [-0.3, -0.25) is 9.67 Å². The number of guanidine groups is 1. The highest BCUT2D eigenvalue weighted by Gasteiger charge is 2.06. The maximum absolute atomic E-state index is 4.24. The molecule has 0 spiro atoms. The highest BCUT2D eigenvalue weighted by atomic mass is 15.3. The predicted octanol–water partition coefficient (Wildman–Crippen LogP) is 1.81. The van der Waals surface area contributed by atoms with E-state index in [9.17, 15) is 0 Å². The first-order valence-electron chi connectivity index (χ1n) is 6.79. The van der Waals surface area contributed by atoms with Crippen molar-refractivity contribution in [1.29, 1.82) is 0 Å². The molecule has 0 amide bonds. The van der Waals surface area contributed by atoms with Crippen LogP contribution in [0.15, 0.2) is 53.8 Å². The van der Waals surface area contributed by atoms with Gasteiger partial charge in [-0.15, -0.1) is 0 Å².